The summed E-state index contributed by atoms with van der Waals surface area (Å²) in [5.74, 6) is -1.52. The van der Waals surface area contributed by atoms with Crippen molar-refractivity contribution in [2.24, 2.45) is 0 Å². The van der Waals surface area contributed by atoms with E-state index in [-0.39, 0.29) is 17.4 Å². The van der Waals surface area contributed by atoms with Gasteiger partial charge in [0.15, 0.2) is 0 Å². The quantitative estimate of drug-likeness (QED) is 0.110. The normalized spacial score (nSPS) is 11.7. The number of hydrogen-bond acceptors (Lipinski definition) is 4. The molecule has 6 nitrogen and oxygen atoms in total. The molecule has 0 aliphatic rings. The van der Waals surface area contributed by atoms with Crippen molar-refractivity contribution in [1.82, 2.24) is 5.32 Å². The average molecular weight is 616 g/mol. The van der Waals surface area contributed by atoms with Crippen LogP contribution in [0.4, 0.5) is 15.8 Å². The molecule has 5 aromatic rings. The fourth-order valence-electron chi connectivity index (χ4n) is 4.36. The first-order valence-electron chi connectivity index (χ1n) is 14.2. The van der Waals surface area contributed by atoms with E-state index in [1.54, 1.807) is 42.5 Å². The zero-order chi connectivity index (χ0) is 31.6. The molecule has 0 aliphatic heterocycles. The van der Waals surface area contributed by atoms with Gasteiger partial charge in [-0.3, -0.25) is 14.4 Å². The van der Waals surface area contributed by atoms with Crippen molar-refractivity contribution in [1.29, 1.82) is 0 Å². The van der Waals surface area contributed by atoms with Gasteiger partial charge < -0.3 is 16.0 Å². The van der Waals surface area contributed by atoms with Gasteiger partial charge >= 0.3 is 0 Å². The van der Waals surface area contributed by atoms with E-state index in [4.69, 9.17) is 0 Å². The molecule has 0 saturated carbocycles. The number of carbonyl (C=O) groups excluding carboxylic acids is 3. The molecule has 0 spiro atoms. The second-order valence-corrected chi connectivity index (χ2v) is 11.4. The number of rotatable bonds is 10. The van der Waals surface area contributed by atoms with Gasteiger partial charge in [0.05, 0.1) is 0 Å². The van der Waals surface area contributed by atoms with Crippen molar-refractivity contribution < 1.29 is 18.8 Å². The lowest BCUT2D eigenvalue weighted by atomic mass is 10.1. The van der Waals surface area contributed by atoms with E-state index >= 15 is 0 Å². The molecule has 0 radical (unpaired) electrons. The van der Waals surface area contributed by atoms with E-state index in [2.05, 4.69) is 16.0 Å². The summed E-state index contributed by atoms with van der Waals surface area (Å²) in [6, 6.07) is 38.4. The van der Waals surface area contributed by atoms with Crippen LogP contribution in [-0.4, -0.2) is 17.7 Å². The van der Waals surface area contributed by atoms with Gasteiger partial charge in [0, 0.05) is 21.8 Å². The molecule has 5 rings (SSSR count). The molecule has 5 aromatic carbocycles. The van der Waals surface area contributed by atoms with Gasteiger partial charge in [-0.1, -0.05) is 78.4 Å². The first kappa shape index (κ1) is 31.0. The van der Waals surface area contributed by atoms with Crippen LogP contribution in [0.2, 0.25) is 0 Å². The highest BCUT2D eigenvalue weighted by molar-refractivity contribution is 8.00. The van der Waals surface area contributed by atoms with Crippen LogP contribution in [0.15, 0.2) is 144 Å². The molecule has 1 unspecified atom stereocenters. The minimum Gasteiger partial charge on any atom is -0.325 e. The molecule has 0 fully saturated rings. The van der Waals surface area contributed by atoms with Crippen LogP contribution < -0.4 is 16.0 Å². The molecule has 0 bridgehead atoms. The number of thioether (sulfide) groups is 1. The van der Waals surface area contributed by atoms with Gasteiger partial charge in [-0.15, -0.1) is 11.8 Å². The largest absolute Gasteiger partial charge is 0.325 e. The summed E-state index contributed by atoms with van der Waals surface area (Å²) >= 11 is 1.35. The molecular formula is C37H30FN3O3S. The Kier molecular flexibility index (Phi) is 10.2. The van der Waals surface area contributed by atoms with Crippen molar-refractivity contribution in [3.8, 4) is 0 Å². The Balaban J connectivity index is 1.32. The van der Waals surface area contributed by atoms with Crippen LogP contribution in [0.3, 0.4) is 0 Å². The van der Waals surface area contributed by atoms with Crippen molar-refractivity contribution in [3.05, 3.63) is 167 Å². The fraction of sp³-hybridized carbons (Fsp3) is 0.0541. The van der Waals surface area contributed by atoms with Gasteiger partial charge in [0.25, 0.3) is 11.8 Å². The highest BCUT2D eigenvalue weighted by Crippen LogP contribution is 2.36. The maximum atomic E-state index is 13.4. The Morgan fingerprint density at radius 1 is 0.689 bits per heavy atom. The van der Waals surface area contributed by atoms with Gasteiger partial charge in [0.2, 0.25) is 5.91 Å². The van der Waals surface area contributed by atoms with Crippen LogP contribution in [0.25, 0.3) is 6.08 Å². The summed E-state index contributed by atoms with van der Waals surface area (Å²) in [5.41, 5.74) is 4.17. The maximum Gasteiger partial charge on any atom is 0.272 e. The van der Waals surface area contributed by atoms with Crippen molar-refractivity contribution >= 4 is 46.9 Å². The van der Waals surface area contributed by atoms with E-state index < -0.39 is 17.1 Å². The molecule has 3 amide bonds. The predicted octanol–water partition coefficient (Wildman–Crippen LogP) is 8.02. The lowest BCUT2D eigenvalue weighted by molar-refractivity contribution is -0.116. The van der Waals surface area contributed by atoms with Crippen LogP contribution in [-0.2, 0) is 9.59 Å². The number of hydrogen-bond donors (Lipinski definition) is 3. The molecule has 1 atom stereocenters. The number of amides is 3. The number of aryl methyl sites for hydroxylation is 1. The van der Waals surface area contributed by atoms with Crippen LogP contribution in [0.1, 0.15) is 32.3 Å². The summed E-state index contributed by atoms with van der Waals surface area (Å²) in [6.07, 6.45) is 1.63. The Bertz CT molecular complexity index is 1790. The zero-order valence-electron chi connectivity index (χ0n) is 24.4. The summed E-state index contributed by atoms with van der Waals surface area (Å²) < 4.78 is 13.4. The Morgan fingerprint density at radius 2 is 1.27 bits per heavy atom. The third-order valence-corrected chi connectivity index (χ3v) is 8.00. The fourth-order valence-corrected chi connectivity index (χ4v) is 5.39. The Labute approximate surface area is 265 Å². The standard InChI is InChI=1S/C37H30FN3O3S/c1-25-12-14-26(15-13-25)24-33(41-35(42)28-10-6-3-7-11-28)36(43)39-31-20-22-32(23-21-31)45-34(27-8-4-2-5-9-27)37(44)40-30-18-16-29(38)17-19-30/h2-24,34H,1H3,(H,39,43)(H,40,44)(H,41,42)/b33-24-. The lowest BCUT2D eigenvalue weighted by Gasteiger charge is -2.17. The van der Waals surface area contributed by atoms with Crippen molar-refractivity contribution in [2.75, 3.05) is 10.6 Å². The van der Waals surface area contributed by atoms with Gasteiger partial charge in [-0.25, -0.2) is 4.39 Å². The first-order valence-corrected chi connectivity index (χ1v) is 15.1. The summed E-state index contributed by atoms with van der Waals surface area (Å²) in [7, 11) is 0. The minimum absolute atomic E-state index is 0.0905. The Morgan fingerprint density at radius 3 is 1.91 bits per heavy atom. The lowest BCUT2D eigenvalue weighted by Crippen LogP contribution is -2.30. The highest BCUT2D eigenvalue weighted by Gasteiger charge is 2.22. The van der Waals surface area contributed by atoms with Gasteiger partial charge in [-0.05, 0) is 84.8 Å². The van der Waals surface area contributed by atoms with Gasteiger partial charge in [-0.2, -0.15) is 0 Å². The molecular weight excluding hydrogens is 585 g/mol. The maximum absolute atomic E-state index is 13.4. The van der Waals surface area contributed by atoms with Gasteiger partial charge in [0.1, 0.15) is 16.8 Å². The molecule has 3 N–H and O–H groups in total. The average Bonchev–Trinajstić information content (AvgIpc) is 3.06. The topological polar surface area (TPSA) is 87.3 Å². The number of halogens is 1. The SMILES string of the molecule is Cc1ccc(/C=C(\NC(=O)c2ccccc2)C(=O)Nc2ccc(SC(C(=O)Nc3ccc(F)cc3)c3ccccc3)cc2)cc1. The van der Waals surface area contributed by atoms with Crippen LogP contribution in [0.5, 0.6) is 0 Å². The molecule has 0 heterocycles. The first-order chi connectivity index (χ1) is 21.8. The third-order valence-electron chi connectivity index (χ3n) is 6.74. The molecule has 0 aromatic heterocycles. The third kappa shape index (κ3) is 8.78. The molecule has 8 heteroatoms. The summed E-state index contributed by atoms with van der Waals surface area (Å²) in [6.45, 7) is 1.97. The monoisotopic (exact) mass is 615 g/mol. The molecule has 45 heavy (non-hydrogen) atoms. The molecule has 0 saturated heterocycles. The van der Waals surface area contributed by atoms with E-state index in [0.717, 1.165) is 21.6 Å². The number of anilines is 2. The number of carbonyl (C=O) groups is 3. The predicted molar refractivity (Wildman–Crippen MR) is 178 cm³/mol. The van der Waals surface area contributed by atoms with E-state index in [0.29, 0.717) is 16.9 Å². The number of benzene rings is 5. The number of nitrogens with one attached hydrogen (secondary N) is 3. The minimum atomic E-state index is -0.589. The van der Waals surface area contributed by atoms with E-state index in [1.807, 2.05) is 79.7 Å². The smallest absolute Gasteiger partial charge is 0.272 e. The summed E-state index contributed by atoms with van der Waals surface area (Å²) in [4.78, 5) is 40.4. The molecule has 0 aliphatic carbocycles. The van der Waals surface area contributed by atoms with E-state index in [9.17, 15) is 18.8 Å². The molecule has 224 valence electrons. The second-order valence-electron chi connectivity index (χ2n) is 10.2. The van der Waals surface area contributed by atoms with Crippen LogP contribution in [0, 0.1) is 12.7 Å². The van der Waals surface area contributed by atoms with Crippen molar-refractivity contribution in [2.45, 2.75) is 17.1 Å². The van der Waals surface area contributed by atoms with Crippen LogP contribution >= 0.6 is 11.8 Å². The van der Waals surface area contributed by atoms with E-state index in [1.165, 1.54) is 36.0 Å². The van der Waals surface area contributed by atoms with Crippen molar-refractivity contribution in [3.63, 3.8) is 0 Å². The Hall–Kier alpha value is -5.47. The summed E-state index contributed by atoms with van der Waals surface area (Å²) in [5, 5.41) is 7.88. The zero-order valence-corrected chi connectivity index (χ0v) is 25.2. The second kappa shape index (κ2) is 14.8. The highest BCUT2D eigenvalue weighted by atomic mass is 32.2.